The van der Waals surface area contributed by atoms with Crippen molar-refractivity contribution in [2.24, 2.45) is 5.84 Å². The Bertz CT molecular complexity index is 572. The van der Waals surface area contributed by atoms with E-state index >= 15 is 0 Å². The fraction of sp³-hybridized carbons (Fsp3) is 0.286. The third-order valence-electron chi connectivity index (χ3n) is 2.93. The highest BCUT2D eigenvalue weighted by Crippen LogP contribution is 2.21. The van der Waals surface area contributed by atoms with Gasteiger partial charge in [-0.1, -0.05) is 36.4 Å². The van der Waals surface area contributed by atoms with E-state index in [0.29, 0.717) is 0 Å². The Kier molecular flexibility index (Phi) is 4.59. The van der Waals surface area contributed by atoms with Crippen LogP contribution in [0.5, 0.6) is 0 Å². The number of nitrogens with two attached hydrogens (primary N) is 1. The predicted octanol–water partition coefficient (Wildman–Crippen LogP) is 2.92. The van der Waals surface area contributed by atoms with Crippen LogP contribution in [-0.4, -0.2) is 19.4 Å². The number of hydrazine groups is 1. The summed E-state index contributed by atoms with van der Waals surface area (Å²) in [4.78, 5) is 0. The first-order valence-electron chi connectivity index (χ1n) is 6.09. The Morgan fingerprint density at radius 2 is 1.80 bits per heavy atom. The molecule has 1 atom stereocenters. The molecule has 0 aliphatic rings. The monoisotopic (exact) mass is 284 g/mol. The van der Waals surface area contributed by atoms with Gasteiger partial charge in [-0.2, -0.15) is 13.2 Å². The van der Waals surface area contributed by atoms with E-state index in [4.69, 9.17) is 5.84 Å². The Morgan fingerprint density at radius 1 is 1.10 bits per heavy atom. The fourth-order valence-corrected chi connectivity index (χ4v) is 1.96. The van der Waals surface area contributed by atoms with Gasteiger partial charge in [0.2, 0.25) is 0 Å². The molecule has 0 radical (unpaired) electrons. The van der Waals surface area contributed by atoms with Crippen LogP contribution in [0.1, 0.15) is 11.6 Å². The molecule has 2 aromatic rings. The second-order valence-corrected chi connectivity index (χ2v) is 4.46. The second-order valence-electron chi connectivity index (χ2n) is 4.46. The molecule has 0 bridgehead atoms. The molecule has 0 aromatic heterocycles. The lowest BCUT2D eigenvalue weighted by Crippen LogP contribution is -2.32. The van der Waals surface area contributed by atoms with Crippen LogP contribution in [0.2, 0.25) is 0 Å². The summed E-state index contributed by atoms with van der Waals surface area (Å²) < 4.78 is 40.8. The molecule has 0 saturated heterocycles. The van der Waals surface area contributed by atoms with Crippen LogP contribution in [-0.2, 0) is 4.74 Å². The number of hydrogen-bond acceptors (Lipinski definition) is 3. The molecule has 0 saturated carbocycles. The maximum Gasteiger partial charge on any atom is 0.411 e. The number of benzene rings is 2. The molecule has 0 heterocycles. The summed E-state index contributed by atoms with van der Waals surface area (Å²) in [6, 6.07) is 12.8. The van der Waals surface area contributed by atoms with Crippen LogP contribution in [0, 0.1) is 0 Å². The number of fused-ring (bicyclic) bond motifs is 1. The first kappa shape index (κ1) is 14.8. The van der Waals surface area contributed by atoms with Crippen LogP contribution in [0.15, 0.2) is 42.5 Å². The summed E-state index contributed by atoms with van der Waals surface area (Å²) in [5.41, 5.74) is 3.26. The Balaban J connectivity index is 2.09. The Morgan fingerprint density at radius 3 is 2.45 bits per heavy atom. The average Bonchev–Trinajstić information content (AvgIpc) is 2.42. The highest BCUT2D eigenvalue weighted by Gasteiger charge is 2.28. The van der Waals surface area contributed by atoms with E-state index in [1.54, 1.807) is 0 Å². The zero-order valence-corrected chi connectivity index (χ0v) is 10.7. The third-order valence-corrected chi connectivity index (χ3v) is 2.93. The molecule has 6 heteroatoms. The molecular formula is C14H15F3N2O. The van der Waals surface area contributed by atoms with Crippen LogP contribution in [0.3, 0.4) is 0 Å². The minimum Gasteiger partial charge on any atom is -0.370 e. The van der Waals surface area contributed by atoms with Gasteiger partial charge in [0, 0.05) is 0 Å². The first-order chi connectivity index (χ1) is 9.49. The van der Waals surface area contributed by atoms with Crippen LogP contribution in [0.4, 0.5) is 13.2 Å². The van der Waals surface area contributed by atoms with Crippen molar-refractivity contribution in [3.63, 3.8) is 0 Å². The van der Waals surface area contributed by atoms with Crippen molar-refractivity contribution in [2.45, 2.75) is 12.2 Å². The van der Waals surface area contributed by atoms with Crippen molar-refractivity contribution >= 4 is 10.8 Å². The summed E-state index contributed by atoms with van der Waals surface area (Å²) in [5.74, 6) is 5.39. The Hall–Kier alpha value is -1.63. The number of rotatable bonds is 5. The number of alkyl halides is 3. The quantitative estimate of drug-likeness (QED) is 0.655. The number of ether oxygens (including phenoxy) is 1. The highest BCUT2D eigenvalue weighted by atomic mass is 19.4. The second kappa shape index (κ2) is 6.21. The largest absolute Gasteiger partial charge is 0.411 e. The van der Waals surface area contributed by atoms with Gasteiger partial charge < -0.3 is 4.74 Å². The molecule has 0 spiro atoms. The van der Waals surface area contributed by atoms with Gasteiger partial charge in [-0.25, -0.2) is 0 Å². The fourth-order valence-electron chi connectivity index (χ4n) is 1.96. The summed E-state index contributed by atoms with van der Waals surface area (Å²) in [7, 11) is 0. The van der Waals surface area contributed by atoms with Crippen LogP contribution >= 0.6 is 0 Å². The summed E-state index contributed by atoms with van der Waals surface area (Å²) in [5, 5.41) is 2.06. The van der Waals surface area contributed by atoms with Gasteiger partial charge in [-0.05, 0) is 22.4 Å². The molecule has 3 nitrogen and oxygen atoms in total. The maximum absolute atomic E-state index is 12.0. The summed E-state index contributed by atoms with van der Waals surface area (Å²) in [6.45, 7) is -1.42. The smallest absolute Gasteiger partial charge is 0.370 e. The first-order valence-corrected chi connectivity index (χ1v) is 6.09. The minimum absolute atomic E-state index is 0.144. The molecule has 108 valence electrons. The molecule has 0 aliphatic heterocycles. The van der Waals surface area contributed by atoms with Crippen molar-refractivity contribution in [2.75, 3.05) is 13.2 Å². The molecule has 0 fully saturated rings. The van der Waals surface area contributed by atoms with Gasteiger partial charge in [-0.15, -0.1) is 0 Å². The standard InChI is InChI=1S/C14H15F3N2O/c15-14(16,17)9-20-8-13(19-18)12-6-5-10-3-1-2-4-11(10)7-12/h1-7,13,19H,8-9,18H2. The zero-order valence-electron chi connectivity index (χ0n) is 10.7. The molecule has 3 N–H and O–H groups in total. The van der Waals surface area contributed by atoms with Crippen molar-refractivity contribution in [1.82, 2.24) is 5.43 Å². The summed E-state index contributed by atoms with van der Waals surface area (Å²) in [6.07, 6.45) is -4.33. The van der Waals surface area contributed by atoms with E-state index in [-0.39, 0.29) is 6.61 Å². The number of halogens is 3. The molecular weight excluding hydrogens is 269 g/mol. The lowest BCUT2D eigenvalue weighted by Gasteiger charge is -2.17. The van der Waals surface area contributed by atoms with Gasteiger partial charge in [0.1, 0.15) is 6.61 Å². The Labute approximate surface area is 114 Å². The van der Waals surface area contributed by atoms with Gasteiger partial charge in [0.25, 0.3) is 0 Å². The van der Waals surface area contributed by atoms with Gasteiger partial charge in [0.05, 0.1) is 12.6 Å². The summed E-state index contributed by atoms with van der Waals surface area (Å²) >= 11 is 0. The topological polar surface area (TPSA) is 47.3 Å². The van der Waals surface area contributed by atoms with Crippen LogP contribution < -0.4 is 11.3 Å². The molecule has 0 amide bonds. The molecule has 1 unspecified atom stereocenters. The van der Waals surface area contributed by atoms with Gasteiger partial charge >= 0.3 is 6.18 Å². The van der Waals surface area contributed by atoms with Crippen molar-refractivity contribution < 1.29 is 17.9 Å². The lowest BCUT2D eigenvalue weighted by atomic mass is 10.0. The van der Waals surface area contributed by atoms with E-state index < -0.39 is 18.8 Å². The predicted molar refractivity (Wildman–Crippen MR) is 70.9 cm³/mol. The van der Waals surface area contributed by atoms with E-state index in [2.05, 4.69) is 10.2 Å². The zero-order chi connectivity index (χ0) is 14.6. The molecule has 20 heavy (non-hydrogen) atoms. The minimum atomic E-state index is -4.33. The van der Waals surface area contributed by atoms with Crippen molar-refractivity contribution in [3.8, 4) is 0 Å². The van der Waals surface area contributed by atoms with E-state index in [1.807, 2.05) is 42.5 Å². The maximum atomic E-state index is 12.0. The van der Waals surface area contributed by atoms with Gasteiger partial charge in [-0.3, -0.25) is 11.3 Å². The SMILES string of the molecule is NNC(COCC(F)(F)F)c1ccc2ccccc2c1. The van der Waals surface area contributed by atoms with Crippen molar-refractivity contribution in [3.05, 3.63) is 48.0 Å². The van der Waals surface area contributed by atoms with E-state index in [9.17, 15) is 13.2 Å². The number of hydrogen-bond donors (Lipinski definition) is 2. The van der Waals surface area contributed by atoms with Crippen LogP contribution in [0.25, 0.3) is 10.8 Å². The highest BCUT2D eigenvalue weighted by molar-refractivity contribution is 5.83. The normalized spacial score (nSPS) is 13.6. The van der Waals surface area contributed by atoms with E-state index in [1.165, 1.54) is 0 Å². The molecule has 2 rings (SSSR count). The third kappa shape index (κ3) is 3.93. The molecule has 0 aliphatic carbocycles. The number of nitrogens with one attached hydrogen (secondary N) is 1. The lowest BCUT2D eigenvalue weighted by molar-refractivity contribution is -0.175. The van der Waals surface area contributed by atoms with Gasteiger partial charge in [0.15, 0.2) is 0 Å². The molecule has 2 aromatic carbocycles. The average molecular weight is 284 g/mol. The van der Waals surface area contributed by atoms with E-state index in [0.717, 1.165) is 16.3 Å². The van der Waals surface area contributed by atoms with Crippen molar-refractivity contribution in [1.29, 1.82) is 0 Å².